The SMILES string of the molecule is COc1ccc(CCC(=O)N[C@H]2C[C@H](C(=O)NC(C)C)C[C@H]2c2nc(-c3ccccc3)no2)cc1. The first-order valence-corrected chi connectivity index (χ1v) is 12.0. The van der Waals surface area contributed by atoms with E-state index in [9.17, 15) is 9.59 Å². The van der Waals surface area contributed by atoms with Gasteiger partial charge in [0.15, 0.2) is 0 Å². The van der Waals surface area contributed by atoms with E-state index in [0.717, 1.165) is 16.9 Å². The average molecular weight is 477 g/mol. The molecular formula is C27H32N4O4. The average Bonchev–Trinajstić information content (AvgIpc) is 3.51. The highest BCUT2D eigenvalue weighted by atomic mass is 16.5. The van der Waals surface area contributed by atoms with Gasteiger partial charge in [0.2, 0.25) is 23.5 Å². The fraction of sp³-hybridized carbons (Fsp3) is 0.407. The molecule has 1 heterocycles. The lowest BCUT2D eigenvalue weighted by Crippen LogP contribution is -2.38. The Labute approximate surface area is 205 Å². The van der Waals surface area contributed by atoms with Gasteiger partial charge >= 0.3 is 0 Å². The molecule has 0 saturated heterocycles. The topological polar surface area (TPSA) is 106 Å². The Morgan fingerprint density at radius 3 is 2.51 bits per heavy atom. The van der Waals surface area contributed by atoms with Crippen LogP contribution in [0.3, 0.4) is 0 Å². The smallest absolute Gasteiger partial charge is 0.232 e. The molecule has 8 heteroatoms. The van der Waals surface area contributed by atoms with Crippen LogP contribution in [0.25, 0.3) is 11.4 Å². The lowest BCUT2D eigenvalue weighted by atomic mass is 10.0. The standard InChI is InChI=1S/C27H32N4O4/c1-17(2)28-26(33)20-15-22(27-30-25(31-35-27)19-7-5-4-6-8-19)23(16-20)29-24(32)14-11-18-9-12-21(34-3)13-10-18/h4-10,12-13,17,20,22-23H,11,14-16H2,1-3H3,(H,28,33)(H,29,32)/t20-,22-,23+/m1/s1. The van der Waals surface area contributed by atoms with E-state index in [1.54, 1.807) is 7.11 Å². The van der Waals surface area contributed by atoms with Crippen molar-refractivity contribution < 1.29 is 18.8 Å². The zero-order valence-corrected chi connectivity index (χ0v) is 20.4. The third-order valence-electron chi connectivity index (χ3n) is 6.30. The number of hydrogen-bond donors (Lipinski definition) is 2. The zero-order valence-electron chi connectivity index (χ0n) is 20.4. The first-order chi connectivity index (χ1) is 16.9. The van der Waals surface area contributed by atoms with Crippen LogP contribution in [0.15, 0.2) is 59.1 Å². The molecule has 1 aromatic heterocycles. The molecule has 0 unspecified atom stereocenters. The minimum atomic E-state index is -0.259. The van der Waals surface area contributed by atoms with Crippen LogP contribution in [0.1, 0.15) is 50.5 Å². The third-order valence-corrected chi connectivity index (χ3v) is 6.30. The fourth-order valence-corrected chi connectivity index (χ4v) is 4.51. The van der Waals surface area contributed by atoms with Gasteiger partial charge in [0, 0.05) is 30.0 Å². The van der Waals surface area contributed by atoms with E-state index in [2.05, 4.69) is 20.8 Å². The maximum Gasteiger partial charge on any atom is 0.232 e. The molecule has 35 heavy (non-hydrogen) atoms. The lowest BCUT2D eigenvalue weighted by Gasteiger charge is -2.18. The van der Waals surface area contributed by atoms with Gasteiger partial charge in [-0.3, -0.25) is 9.59 Å². The van der Waals surface area contributed by atoms with E-state index >= 15 is 0 Å². The first kappa shape index (κ1) is 24.4. The molecule has 0 radical (unpaired) electrons. The van der Waals surface area contributed by atoms with E-state index < -0.39 is 0 Å². The number of benzene rings is 2. The van der Waals surface area contributed by atoms with Gasteiger partial charge in [-0.05, 0) is 50.8 Å². The highest BCUT2D eigenvalue weighted by Gasteiger charge is 2.42. The van der Waals surface area contributed by atoms with Crippen LogP contribution in [0.5, 0.6) is 5.75 Å². The summed E-state index contributed by atoms with van der Waals surface area (Å²) in [4.78, 5) is 30.2. The third kappa shape index (κ3) is 6.26. The number of carbonyl (C=O) groups is 2. The Hall–Kier alpha value is -3.68. The Morgan fingerprint density at radius 1 is 1.09 bits per heavy atom. The van der Waals surface area contributed by atoms with E-state index in [1.165, 1.54) is 0 Å². The van der Waals surface area contributed by atoms with Gasteiger partial charge in [-0.25, -0.2) is 0 Å². The number of nitrogens with one attached hydrogen (secondary N) is 2. The van der Waals surface area contributed by atoms with Crippen molar-refractivity contribution >= 4 is 11.8 Å². The largest absolute Gasteiger partial charge is 0.497 e. The Morgan fingerprint density at radius 2 is 1.83 bits per heavy atom. The summed E-state index contributed by atoms with van der Waals surface area (Å²) >= 11 is 0. The lowest BCUT2D eigenvalue weighted by molar-refractivity contribution is -0.126. The normalized spacial score (nSPS) is 19.5. The van der Waals surface area contributed by atoms with Crippen LogP contribution in [0.4, 0.5) is 0 Å². The summed E-state index contributed by atoms with van der Waals surface area (Å²) in [6.45, 7) is 3.87. The number of nitrogens with zero attached hydrogens (tertiary/aromatic N) is 2. The molecule has 0 spiro atoms. The van der Waals surface area contributed by atoms with Crippen molar-refractivity contribution in [3.63, 3.8) is 0 Å². The van der Waals surface area contributed by atoms with Gasteiger partial charge in [0.05, 0.1) is 13.0 Å². The minimum absolute atomic E-state index is 0.0113. The molecule has 184 valence electrons. The van der Waals surface area contributed by atoms with Gasteiger partial charge in [-0.2, -0.15) is 4.98 Å². The van der Waals surface area contributed by atoms with Gasteiger partial charge in [-0.15, -0.1) is 0 Å². The molecule has 0 aliphatic heterocycles. The molecule has 8 nitrogen and oxygen atoms in total. The molecule has 1 fully saturated rings. The summed E-state index contributed by atoms with van der Waals surface area (Å²) in [7, 11) is 1.63. The molecule has 4 rings (SSSR count). The number of methoxy groups -OCH3 is 1. The van der Waals surface area contributed by atoms with Crippen LogP contribution >= 0.6 is 0 Å². The number of amides is 2. The zero-order chi connectivity index (χ0) is 24.8. The molecule has 0 bridgehead atoms. The highest BCUT2D eigenvalue weighted by Crippen LogP contribution is 2.39. The van der Waals surface area contributed by atoms with E-state index in [-0.39, 0.29) is 35.7 Å². The molecule has 1 aliphatic rings. The van der Waals surface area contributed by atoms with Crippen LogP contribution in [0, 0.1) is 5.92 Å². The summed E-state index contributed by atoms with van der Waals surface area (Å²) in [6.07, 6.45) is 2.03. The van der Waals surface area contributed by atoms with Crippen LogP contribution < -0.4 is 15.4 Å². The van der Waals surface area contributed by atoms with E-state index in [1.807, 2.05) is 68.4 Å². The van der Waals surface area contributed by atoms with Gasteiger partial charge in [0.1, 0.15) is 5.75 Å². The maximum atomic E-state index is 12.9. The minimum Gasteiger partial charge on any atom is -0.497 e. The first-order valence-electron chi connectivity index (χ1n) is 12.0. The number of aryl methyl sites for hydroxylation is 1. The number of hydrogen-bond acceptors (Lipinski definition) is 6. The molecule has 2 amide bonds. The Kier molecular flexibility index (Phi) is 7.80. The van der Waals surface area contributed by atoms with Gasteiger partial charge < -0.3 is 19.9 Å². The van der Waals surface area contributed by atoms with E-state index in [0.29, 0.717) is 37.4 Å². The molecule has 1 saturated carbocycles. The predicted octanol–water partition coefficient (Wildman–Crippen LogP) is 3.88. The second-order valence-electron chi connectivity index (χ2n) is 9.28. The van der Waals surface area contributed by atoms with Crippen molar-refractivity contribution in [2.24, 2.45) is 5.92 Å². The predicted molar refractivity (Wildman–Crippen MR) is 132 cm³/mol. The second-order valence-corrected chi connectivity index (χ2v) is 9.28. The van der Waals surface area contributed by atoms with Crippen molar-refractivity contribution in [1.29, 1.82) is 0 Å². The maximum absolute atomic E-state index is 12.9. The quantitative estimate of drug-likeness (QED) is 0.485. The summed E-state index contributed by atoms with van der Waals surface area (Å²) in [5, 5.41) is 10.3. The summed E-state index contributed by atoms with van der Waals surface area (Å²) < 4.78 is 10.8. The number of aromatic nitrogens is 2. The van der Waals surface area contributed by atoms with Crippen LogP contribution in [-0.4, -0.2) is 41.1 Å². The van der Waals surface area contributed by atoms with E-state index in [4.69, 9.17) is 9.26 Å². The summed E-state index contributed by atoms with van der Waals surface area (Å²) in [6, 6.07) is 17.1. The summed E-state index contributed by atoms with van der Waals surface area (Å²) in [5.41, 5.74) is 1.91. The Balaban J connectivity index is 1.45. The molecule has 3 atom stereocenters. The molecule has 3 aromatic rings. The monoisotopic (exact) mass is 476 g/mol. The van der Waals surface area contributed by atoms with Gasteiger partial charge in [0.25, 0.3) is 0 Å². The fourth-order valence-electron chi connectivity index (χ4n) is 4.51. The number of rotatable bonds is 9. The second kappa shape index (κ2) is 11.2. The van der Waals surface area contributed by atoms with Crippen molar-refractivity contribution in [3.8, 4) is 17.1 Å². The van der Waals surface area contributed by atoms with Crippen molar-refractivity contribution in [1.82, 2.24) is 20.8 Å². The number of ether oxygens (including phenoxy) is 1. The van der Waals surface area contributed by atoms with Crippen molar-refractivity contribution in [3.05, 3.63) is 66.1 Å². The molecule has 2 aromatic carbocycles. The van der Waals surface area contributed by atoms with Crippen molar-refractivity contribution in [2.75, 3.05) is 7.11 Å². The molecule has 1 aliphatic carbocycles. The summed E-state index contributed by atoms with van der Waals surface area (Å²) in [5.74, 6) is 1.19. The van der Waals surface area contributed by atoms with Crippen LogP contribution in [-0.2, 0) is 16.0 Å². The van der Waals surface area contributed by atoms with Gasteiger partial charge in [-0.1, -0.05) is 47.6 Å². The van der Waals surface area contributed by atoms with Crippen molar-refractivity contribution in [2.45, 2.75) is 57.5 Å². The Bertz CT molecular complexity index is 1130. The number of carbonyl (C=O) groups excluding carboxylic acids is 2. The highest BCUT2D eigenvalue weighted by molar-refractivity contribution is 5.80. The van der Waals surface area contributed by atoms with Crippen LogP contribution in [0.2, 0.25) is 0 Å². The molecular weight excluding hydrogens is 444 g/mol. The molecule has 2 N–H and O–H groups in total.